The van der Waals surface area contributed by atoms with Crippen LogP contribution in [0.15, 0.2) is 56.8 Å². The number of hydrogen-bond donors (Lipinski definition) is 1. The molecular weight excluding hydrogens is 340 g/mol. The van der Waals surface area contributed by atoms with Crippen LogP contribution in [0.2, 0.25) is 0 Å². The number of nitrogen functional groups attached to an aromatic ring is 1. The SMILES string of the molecule is Cc1ccc(-c2nnc(SCc3nc(-c4ccco4)no3)n2N)cc1. The summed E-state index contributed by atoms with van der Waals surface area (Å²) in [7, 11) is 0. The van der Waals surface area contributed by atoms with Gasteiger partial charge < -0.3 is 14.8 Å². The number of benzene rings is 1. The smallest absolute Gasteiger partial charge is 0.238 e. The number of furan rings is 1. The molecule has 9 heteroatoms. The van der Waals surface area contributed by atoms with Gasteiger partial charge in [-0.3, -0.25) is 0 Å². The number of thioether (sulfide) groups is 1. The van der Waals surface area contributed by atoms with Crippen LogP contribution in [0.1, 0.15) is 11.5 Å². The van der Waals surface area contributed by atoms with Crippen LogP contribution in [0.25, 0.3) is 23.0 Å². The topological polar surface area (TPSA) is 109 Å². The number of aryl methyl sites for hydroxylation is 1. The lowest BCUT2D eigenvalue weighted by molar-refractivity contribution is 0.390. The summed E-state index contributed by atoms with van der Waals surface area (Å²) in [5.74, 6) is 8.56. The Kier molecular flexibility index (Phi) is 3.98. The summed E-state index contributed by atoms with van der Waals surface area (Å²) in [6.45, 7) is 2.03. The summed E-state index contributed by atoms with van der Waals surface area (Å²) in [5, 5.41) is 12.7. The molecule has 0 aliphatic heterocycles. The third-order valence-electron chi connectivity index (χ3n) is 3.51. The van der Waals surface area contributed by atoms with E-state index >= 15 is 0 Å². The minimum Gasteiger partial charge on any atom is -0.461 e. The highest BCUT2D eigenvalue weighted by molar-refractivity contribution is 7.98. The predicted molar refractivity (Wildman–Crippen MR) is 91.9 cm³/mol. The fraction of sp³-hybridized carbons (Fsp3) is 0.125. The molecule has 0 saturated heterocycles. The Morgan fingerprint density at radius 2 is 2.00 bits per heavy atom. The van der Waals surface area contributed by atoms with Crippen molar-refractivity contribution in [3.63, 3.8) is 0 Å². The first-order chi connectivity index (χ1) is 12.2. The zero-order chi connectivity index (χ0) is 17.2. The summed E-state index contributed by atoms with van der Waals surface area (Å²) in [5.41, 5.74) is 2.08. The second kappa shape index (κ2) is 6.44. The van der Waals surface area contributed by atoms with E-state index in [0.29, 0.717) is 34.2 Å². The zero-order valence-corrected chi connectivity index (χ0v) is 14.1. The van der Waals surface area contributed by atoms with Crippen LogP contribution >= 0.6 is 11.8 Å². The molecule has 3 aromatic heterocycles. The highest BCUT2D eigenvalue weighted by atomic mass is 32.2. The summed E-state index contributed by atoms with van der Waals surface area (Å²) in [6.07, 6.45) is 1.56. The van der Waals surface area contributed by atoms with E-state index in [1.54, 1.807) is 18.4 Å². The molecule has 0 aliphatic carbocycles. The molecule has 126 valence electrons. The molecule has 25 heavy (non-hydrogen) atoms. The average molecular weight is 354 g/mol. The van der Waals surface area contributed by atoms with E-state index in [4.69, 9.17) is 14.8 Å². The lowest BCUT2D eigenvalue weighted by Crippen LogP contribution is -2.11. The van der Waals surface area contributed by atoms with E-state index in [9.17, 15) is 0 Å². The van der Waals surface area contributed by atoms with Crippen LogP contribution in [0, 0.1) is 6.92 Å². The van der Waals surface area contributed by atoms with Crippen molar-refractivity contribution < 1.29 is 8.94 Å². The van der Waals surface area contributed by atoms with Crippen LogP contribution in [0.5, 0.6) is 0 Å². The van der Waals surface area contributed by atoms with Gasteiger partial charge in [0, 0.05) is 5.56 Å². The predicted octanol–water partition coefficient (Wildman–Crippen LogP) is 2.90. The fourth-order valence-electron chi connectivity index (χ4n) is 2.22. The first-order valence-electron chi connectivity index (χ1n) is 7.47. The molecule has 0 unspecified atom stereocenters. The average Bonchev–Trinajstić information content (AvgIpc) is 3.35. The summed E-state index contributed by atoms with van der Waals surface area (Å²) < 4.78 is 11.9. The van der Waals surface area contributed by atoms with Gasteiger partial charge in [0.2, 0.25) is 16.9 Å². The van der Waals surface area contributed by atoms with Gasteiger partial charge in [0.05, 0.1) is 12.0 Å². The van der Waals surface area contributed by atoms with Gasteiger partial charge in [-0.15, -0.1) is 10.2 Å². The number of nitrogens with two attached hydrogens (primary N) is 1. The van der Waals surface area contributed by atoms with Gasteiger partial charge in [-0.1, -0.05) is 46.7 Å². The summed E-state index contributed by atoms with van der Waals surface area (Å²) in [4.78, 5) is 4.28. The molecule has 4 rings (SSSR count). The van der Waals surface area contributed by atoms with Crippen LogP contribution in [0.3, 0.4) is 0 Å². The van der Waals surface area contributed by atoms with Crippen LogP contribution in [-0.2, 0) is 5.75 Å². The molecule has 0 radical (unpaired) electrons. The molecule has 0 spiro atoms. The highest BCUT2D eigenvalue weighted by Crippen LogP contribution is 2.25. The lowest BCUT2D eigenvalue weighted by Gasteiger charge is -2.03. The van der Waals surface area contributed by atoms with E-state index in [1.165, 1.54) is 22.0 Å². The molecular formula is C16H14N6O2S. The Labute approximate surface area is 147 Å². The van der Waals surface area contributed by atoms with E-state index in [1.807, 2.05) is 31.2 Å². The third kappa shape index (κ3) is 3.13. The first kappa shape index (κ1) is 15.5. The maximum Gasteiger partial charge on any atom is 0.238 e. The standard InChI is InChI=1S/C16H14N6O2S/c1-10-4-6-11(7-5-10)15-19-20-16(22(15)17)25-9-13-18-14(21-24-13)12-3-2-8-23-12/h2-8H,9,17H2,1H3. The van der Waals surface area contributed by atoms with Gasteiger partial charge in [-0.2, -0.15) is 4.98 Å². The number of rotatable bonds is 5. The Bertz CT molecular complexity index is 975. The first-order valence-corrected chi connectivity index (χ1v) is 8.46. The Hall–Kier alpha value is -3.07. The maximum atomic E-state index is 6.11. The maximum absolute atomic E-state index is 6.11. The van der Waals surface area contributed by atoms with Crippen LogP contribution in [-0.4, -0.2) is 25.0 Å². The molecule has 3 heterocycles. The van der Waals surface area contributed by atoms with Crippen molar-refractivity contribution >= 4 is 11.8 Å². The van der Waals surface area contributed by atoms with Crippen molar-refractivity contribution in [1.29, 1.82) is 0 Å². The second-order valence-electron chi connectivity index (χ2n) is 5.32. The van der Waals surface area contributed by atoms with Gasteiger partial charge in [-0.25, -0.2) is 4.68 Å². The van der Waals surface area contributed by atoms with Gasteiger partial charge in [0.15, 0.2) is 11.6 Å². The van der Waals surface area contributed by atoms with Crippen molar-refractivity contribution in [2.75, 3.05) is 5.84 Å². The number of hydrogen-bond acceptors (Lipinski definition) is 8. The summed E-state index contributed by atoms with van der Waals surface area (Å²) >= 11 is 1.37. The molecule has 1 aromatic carbocycles. The van der Waals surface area contributed by atoms with E-state index in [-0.39, 0.29) is 0 Å². The van der Waals surface area contributed by atoms with Crippen molar-refractivity contribution in [3.8, 4) is 23.0 Å². The van der Waals surface area contributed by atoms with Crippen molar-refractivity contribution in [1.82, 2.24) is 25.0 Å². The van der Waals surface area contributed by atoms with E-state index in [2.05, 4.69) is 20.3 Å². The molecule has 8 nitrogen and oxygen atoms in total. The highest BCUT2D eigenvalue weighted by Gasteiger charge is 2.15. The lowest BCUT2D eigenvalue weighted by atomic mass is 10.1. The minimum atomic E-state index is 0.412. The van der Waals surface area contributed by atoms with Crippen molar-refractivity contribution in [2.45, 2.75) is 17.8 Å². The molecule has 2 N–H and O–H groups in total. The molecule has 0 aliphatic rings. The normalized spacial score (nSPS) is 11.1. The Morgan fingerprint density at radius 1 is 1.16 bits per heavy atom. The largest absolute Gasteiger partial charge is 0.461 e. The van der Waals surface area contributed by atoms with Gasteiger partial charge in [-0.05, 0) is 19.1 Å². The Balaban J connectivity index is 1.48. The monoisotopic (exact) mass is 354 g/mol. The van der Waals surface area contributed by atoms with Crippen molar-refractivity contribution in [2.24, 2.45) is 0 Å². The van der Waals surface area contributed by atoms with Crippen molar-refractivity contribution in [3.05, 3.63) is 54.1 Å². The third-order valence-corrected chi connectivity index (χ3v) is 4.44. The Morgan fingerprint density at radius 3 is 2.76 bits per heavy atom. The molecule has 0 amide bonds. The van der Waals surface area contributed by atoms with E-state index < -0.39 is 0 Å². The van der Waals surface area contributed by atoms with Gasteiger partial charge in [0.25, 0.3) is 0 Å². The van der Waals surface area contributed by atoms with Gasteiger partial charge >= 0.3 is 0 Å². The zero-order valence-electron chi connectivity index (χ0n) is 13.3. The quantitative estimate of drug-likeness (QED) is 0.430. The summed E-state index contributed by atoms with van der Waals surface area (Å²) in [6, 6.07) is 11.5. The minimum absolute atomic E-state index is 0.412. The fourth-order valence-corrected chi connectivity index (χ4v) is 2.91. The molecule has 0 atom stereocenters. The molecule has 0 saturated carbocycles. The van der Waals surface area contributed by atoms with Crippen LogP contribution < -0.4 is 5.84 Å². The molecule has 4 aromatic rings. The van der Waals surface area contributed by atoms with E-state index in [0.717, 1.165) is 5.56 Å². The second-order valence-corrected chi connectivity index (χ2v) is 6.26. The van der Waals surface area contributed by atoms with Crippen LogP contribution in [0.4, 0.5) is 0 Å². The number of nitrogens with zero attached hydrogens (tertiary/aromatic N) is 5. The molecule has 0 bridgehead atoms. The molecule has 0 fully saturated rings. The number of aromatic nitrogens is 5. The van der Waals surface area contributed by atoms with Gasteiger partial charge in [0.1, 0.15) is 0 Å².